The molecule has 5 nitrogen and oxygen atoms in total. The molecular weight excluding hydrogens is 290 g/mol. The van der Waals surface area contributed by atoms with Crippen molar-refractivity contribution in [3.63, 3.8) is 0 Å². The molecule has 0 radical (unpaired) electrons. The van der Waals surface area contributed by atoms with E-state index in [9.17, 15) is 18.0 Å². The van der Waals surface area contributed by atoms with Crippen LogP contribution in [-0.2, 0) is 19.4 Å². The first-order valence-corrected chi connectivity index (χ1v) is 8.54. The van der Waals surface area contributed by atoms with Gasteiger partial charge in [-0.15, -0.1) is 0 Å². The number of sulfone groups is 1. The van der Waals surface area contributed by atoms with Gasteiger partial charge >= 0.3 is 0 Å². The molecule has 2 rings (SSSR count). The molecule has 0 unspecified atom stereocenters. The molecule has 0 atom stereocenters. The molecule has 0 N–H and O–H groups in total. The van der Waals surface area contributed by atoms with Crippen molar-refractivity contribution in [2.75, 3.05) is 18.8 Å². The molecule has 1 saturated heterocycles. The van der Waals surface area contributed by atoms with Crippen LogP contribution in [0.5, 0.6) is 0 Å². The summed E-state index contributed by atoms with van der Waals surface area (Å²) >= 11 is 0. The summed E-state index contributed by atoms with van der Waals surface area (Å²) in [5.74, 6) is -0.842. The largest absolute Gasteiger partial charge is 0.341 e. The van der Waals surface area contributed by atoms with E-state index in [0.717, 1.165) is 5.56 Å². The van der Waals surface area contributed by atoms with Gasteiger partial charge in [-0.2, -0.15) is 0 Å². The Morgan fingerprint density at radius 1 is 1.19 bits per heavy atom. The minimum Gasteiger partial charge on any atom is -0.341 e. The van der Waals surface area contributed by atoms with Crippen LogP contribution in [0, 0.1) is 13.8 Å². The average molecular weight is 309 g/mol. The highest BCUT2D eigenvalue weighted by Gasteiger charge is 2.27. The highest BCUT2D eigenvalue weighted by Crippen LogP contribution is 2.19. The summed E-state index contributed by atoms with van der Waals surface area (Å²) in [4.78, 5) is 25.0. The number of benzene rings is 1. The van der Waals surface area contributed by atoms with Crippen molar-refractivity contribution in [3.8, 4) is 0 Å². The number of carbonyl (C=O) groups excluding carboxylic acids is 2. The quantitative estimate of drug-likeness (QED) is 0.843. The number of hydrogen-bond donors (Lipinski definition) is 0. The number of amides is 1. The van der Waals surface area contributed by atoms with Crippen LogP contribution < -0.4 is 0 Å². The molecule has 1 amide bonds. The van der Waals surface area contributed by atoms with Crippen molar-refractivity contribution in [1.82, 2.24) is 4.90 Å². The lowest BCUT2D eigenvalue weighted by molar-refractivity contribution is -0.132. The zero-order valence-corrected chi connectivity index (χ0v) is 13.1. The van der Waals surface area contributed by atoms with Crippen LogP contribution in [-0.4, -0.2) is 43.9 Å². The molecule has 6 heteroatoms. The summed E-state index contributed by atoms with van der Waals surface area (Å²) in [7, 11) is -3.65. The lowest BCUT2D eigenvalue weighted by Gasteiger charge is -2.26. The Balaban J connectivity index is 2.15. The third-order valence-corrected chi connectivity index (χ3v) is 5.40. The van der Waals surface area contributed by atoms with E-state index in [1.165, 1.54) is 4.90 Å². The zero-order chi connectivity index (χ0) is 15.6. The third-order valence-electron chi connectivity index (χ3n) is 3.67. The van der Waals surface area contributed by atoms with Crippen molar-refractivity contribution in [3.05, 3.63) is 29.3 Å². The first-order chi connectivity index (χ1) is 9.79. The van der Waals surface area contributed by atoms with E-state index in [0.29, 0.717) is 31.5 Å². The summed E-state index contributed by atoms with van der Waals surface area (Å²) in [6.07, 6.45) is 0.629. The number of Topliss-reactive ketones (excluding diaryl/α,β-unsaturated/α-hetero) is 1. The number of hydrogen-bond acceptors (Lipinski definition) is 4. The van der Waals surface area contributed by atoms with Crippen molar-refractivity contribution >= 4 is 21.5 Å². The molecule has 1 aromatic carbocycles. The maximum Gasteiger partial charge on any atom is 0.238 e. The van der Waals surface area contributed by atoms with Crippen molar-refractivity contribution in [2.45, 2.75) is 31.6 Å². The topological polar surface area (TPSA) is 71.5 Å². The molecule has 0 aromatic heterocycles. The Morgan fingerprint density at radius 3 is 2.43 bits per heavy atom. The van der Waals surface area contributed by atoms with Crippen molar-refractivity contribution < 1.29 is 18.0 Å². The molecule has 1 aliphatic heterocycles. The minimum absolute atomic E-state index is 0.122. The maximum atomic E-state index is 12.4. The Kier molecular flexibility index (Phi) is 4.46. The smallest absolute Gasteiger partial charge is 0.238 e. The highest BCUT2D eigenvalue weighted by molar-refractivity contribution is 7.92. The molecule has 0 saturated carbocycles. The van der Waals surface area contributed by atoms with Gasteiger partial charge in [0, 0.05) is 25.9 Å². The van der Waals surface area contributed by atoms with Crippen LogP contribution in [0.3, 0.4) is 0 Å². The molecule has 0 spiro atoms. The van der Waals surface area contributed by atoms with Gasteiger partial charge in [0.15, 0.2) is 9.84 Å². The molecule has 0 aliphatic carbocycles. The maximum absolute atomic E-state index is 12.4. The van der Waals surface area contributed by atoms with E-state index < -0.39 is 21.5 Å². The molecule has 1 fully saturated rings. The Morgan fingerprint density at radius 2 is 1.81 bits per heavy atom. The number of likely N-dealkylation sites (tertiary alicyclic amines) is 1. The van der Waals surface area contributed by atoms with Gasteiger partial charge in [0.25, 0.3) is 0 Å². The van der Waals surface area contributed by atoms with Crippen LogP contribution in [0.25, 0.3) is 0 Å². The first kappa shape index (κ1) is 15.7. The monoisotopic (exact) mass is 309 g/mol. The molecule has 0 bridgehead atoms. The van der Waals surface area contributed by atoms with Crippen molar-refractivity contribution in [1.29, 1.82) is 0 Å². The average Bonchev–Trinajstić information content (AvgIpc) is 2.41. The van der Waals surface area contributed by atoms with Crippen molar-refractivity contribution in [2.24, 2.45) is 0 Å². The Bertz CT molecular complexity index is 669. The second-order valence-corrected chi connectivity index (χ2v) is 7.41. The van der Waals surface area contributed by atoms with Gasteiger partial charge < -0.3 is 4.90 Å². The van der Waals surface area contributed by atoms with Crippen LogP contribution >= 0.6 is 0 Å². The number of nitrogens with zero attached hydrogens (tertiary/aromatic N) is 1. The number of rotatable bonds is 3. The van der Waals surface area contributed by atoms with Gasteiger partial charge in [0.1, 0.15) is 11.5 Å². The van der Waals surface area contributed by atoms with Gasteiger partial charge in [-0.05, 0) is 31.0 Å². The Hall–Kier alpha value is -1.69. The fraction of sp³-hybridized carbons (Fsp3) is 0.467. The summed E-state index contributed by atoms with van der Waals surface area (Å²) < 4.78 is 24.8. The van der Waals surface area contributed by atoms with Gasteiger partial charge in [-0.1, -0.05) is 12.1 Å². The van der Waals surface area contributed by atoms with E-state index in [1.807, 2.05) is 13.0 Å². The molecule has 114 valence electrons. The van der Waals surface area contributed by atoms with Gasteiger partial charge in [-0.3, -0.25) is 9.59 Å². The molecule has 1 heterocycles. The standard InChI is InChI=1S/C15H19NO4S/c1-11-3-4-12(2)14(9-11)21(19,20)10-15(18)16-7-5-13(17)6-8-16/h3-4,9H,5-8,10H2,1-2H3. The van der Waals surface area contributed by atoms with Crippen LogP contribution in [0.15, 0.2) is 23.1 Å². The summed E-state index contributed by atoms with van der Waals surface area (Å²) in [6, 6.07) is 5.18. The Labute approximate surface area is 124 Å². The van der Waals surface area contributed by atoms with Crippen LogP contribution in [0.1, 0.15) is 24.0 Å². The van der Waals surface area contributed by atoms with Gasteiger partial charge in [0.05, 0.1) is 4.90 Å². The predicted octanol–water partition coefficient (Wildman–Crippen LogP) is 1.27. The summed E-state index contributed by atoms with van der Waals surface area (Å²) in [5.41, 5.74) is 1.48. The number of carbonyl (C=O) groups is 2. The minimum atomic E-state index is -3.65. The number of ketones is 1. The van der Waals surface area contributed by atoms with E-state index >= 15 is 0 Å². The molecule has 1 aromatic rings. The zero-order valence-electron chi connectivity index (χ0n) is 12.3. The lowest BCUT2D eigenvalue weighted by atomic mass is 10.1. The van der Waals surface area contributed by atoms with Gasteiger partial charge in [0.2, 0.25) is 5.91 Å². The van der Waals surface area contributed by atoms with E-state index in [4.69, 9.17) is 0 Å². The van der Waals surface area contributed by atoms with Crippen LogP contribution in [0.4, 0.5) is 0 Å². The molecule has 1 aliphatic rings. The SMILES string of the molecule is Cc1ccc(C)c(S(=O)(=O)CC(=O)N2CCC(=O)CC2)c1. The van der Waals surface area contributed by atoms with E-state index in [-0.39, 0.29) is 10.7 Å². The fourth-order valence-electron chi connectivity index (χ4n) is 2.38. The normalized spacial score (nSPS) is 16.1. The number of piperidine rings is 1. The van der Waals surface area contributed by atoms with E-state index in [1.54, 1.807) is 19.1 Å². The second-order valence-electron chi connectivity index (χ2n) is 5.45. The fourth-order valence-corrected chi connectivity index (χ4v) is 3.97. The van der Waals surface area contributed by atoms with E-state index in [2.05, 4.69) is 0 Å². The number of aryl methyl sites for hydroxylation is 2. The van der Waals surface area contributed by atoms with Crippen LogP contribution in [0.2, 0.25) is 0 Å². The molecular formula is C15H19NO4S. The highest BCUT2D eigenvalue weighted by atomic mass is 32.2. The third kappa shape index (κ3) is 3.69. The summed E-state index contributed by atoms with van der Waals surface area (Å²) in [5, 5.41) is 0. The lowest BCUT2D eigenvalue weighted by Crippen LogP contribution is -2.41. The molecule has 21 heavy (non-hydrogen) atoms. The van der Waals surface area contributed by atoms with Gasteiger partial charge in [-0.25, -0.2) is 8.42 Å². The summed E-state index contributed by atoms with van der Waals surface area (Å²) in [6.45, 7) is 4.17. The predicted molar refractivity (Wildman–Crippen MR) is 78.8 cm³/mol. The first-order valence-electron chi connectivity index (χ1n) is 6.89. The second kappa shape index (κ2) is 5.97.